The summed E-state index contributed by atoms with van der Waals surface area (Å²) in [5.41, 5.74) is 7.86. The highest BCUT2D eigenvalue weighted by molar-refractivity contribution is 5.98. The van der Waals surface area contributed by atoms with Gasteiger partial charge in [0.15, 0.2) is 0 Å². The minimum Gasteiger partial charge on any atom is -0.450 e. The van der Waals surface area contributed by atoms with Crippen LogP contribution in [0.1, 0.15) is 12.5 Å². The topological polar surface area (TPSA) is 77.2 Å². The number of benzene rings is 2. The molecule has 0 saturated carbocycles. The van der Waals surface area contributed by atoms with Crippen molar-refractivity contribution in [2.24, 2.45) is 0 Å². The van der Waals surface area contributed by atoms with E-state index in [4.69, 9.17) is 9.72 Å². The summed E-state index contributed by atoms with van der Waals surface area (Å²) in [7, 11) is 0. The summed E-state index contributed by atoms with van der Waals surface area (Å²) < 4.78 is 5.12. The van der Waals surface area contributed by atoms with Crippen LogP contribution in [0.25, 0.3) is 44.2 Å². The highest BCUT2D eigenvalue weighted by Gasteiger charge is 2.21. The summed E-state index contributed by atoms with van der Waals surface area (Å²) in [6.45, 7) is 6.25. The van der Waals surface area contributed by atoms with Gasteiger partial charge in [-0.2, -0.15) is 0 Å². The fraction of sp³-hybridized carbons (Fsp3) is 0.241. The lowest BCUT2D eigenvalue weighted by Crippen LogP contribution is -2.48. The number of ether oxygens (including phenoxy) is 1. The summed E-state index contributed by atoms with van der Waals surface area (Å²) in [4.78, 5) is 27.4. The molecular formula is C29H29N5O2. The molecule has 182 valence electrons. The SMILES string of the molecule is CCOC(=O)N1CCN(Cc2ccc(-c3cnc4[nH]cc(-c5ccc6[nH]ccc6c5)c4c3)cc2)CC1. The molecule has 7 heteroatoms. The van der Waals surface area contributed by atoms with Crippen molar-refractivity contribution >= 4 is 28.0 Å². The second-order valence-corrected chi connectivity index (χ2v) is 9.26. The van der Waals surface area contributed by atoms with Crippen molar-refractivity contribution in [3.63, 3.8) is 0 Å². The van der Waals surface area contributed by atoms with Crippen LogP contribution in [0.3, 0.4) is 0 Å². The van der Waals surface area contributed by atoms with Gasteiger partial charge in [-0.15, -0.1) is 0 Å². The molecule has 1 fully saturated rings. The largest absolute Gasteiger partial charge is 0.450 e. The number of H-pyrrole nitrogens is 2. The third-order valence-electron chi connectivity index (χ3n) is 6.99. The fourth-order valence-electron chi connectivity index (χ4n) is 4.99. The normalized spacial score (nSPS) is 14.5. The first-order valence-electron chi connectivity index (χ1n) is 12.5. The number of hydrogen-bond acceptors (Lipinski definition) is 4. The van der Waals surface area contributed by atoms with Gasteiger partial charge in [0.1, 0.15) is 5.65 Å². The molecule has 0 aliphatic carbocycles. The van der Waals surface area contributed by atoms with Crippen molar-refractivity contribution in [2.45, 2.75) is 13.5 Å². The van der Waals surface area contributed by atoms with E-state index >= 15 is 0 Å². The molecule has 1 amide bonds. The van der Waals surface area contributed by atoms with Gasteiger partial charge < -0.3 is 19.6 Å². The Morgan fingerprint density at radius 1 is 0.944 bits per heavy atom. The quantitative estimate of drug-likeness (QED) is 0.341. The average molecular weight is 480 g/mol. The second kappa shape index (κ2) is 9.51. The molecule has 7 nitrogen and oxygen atoms in total. The van der Waals surface area contributed by atoms with Crippen LogP contribution in [-0.2, 0) is 11.3 Å². The number of amides is 1. The molecule has 0 spiro atoms. The van der Waals surface area contributed by atoms with Gasteiger partial charge in [-0.25, -0.2) is 9.78 Å². The number of hydrogen-bond donors (Lipinski definition) is 2. The first-order valence-corrected chi connectivity index (χ1v) is 12.5. The van der Waals surface area contributed by atoms with Gasteiger partial charge >= 0.3 is 6.09 Å². The number of carbonyl (C=O) groups is 1. The Morgan fingerprint density at radius 2 is 1.75 bits per heavy atom. The Hall–Kier alpha value is -4.10. The Bertz CT molecular complexity index is 1510. The van der Waals surface area contributed by atoms with Gasteiger partial charge in [-0.05, 0) is 53.3 Å². The molecule has 1 aliphatic heterocycles. The maximum Gasteiger partial charge on any atom is 0.409 e. The molecule has 0 atom stereocenters. The molecule has 1 saturated heterocycles. The summed E-state index contributed by atoms with van der Waals surface area (Å²) in [6.07, 6.45) is 5.74. The number of nitrogens with zero attached hydrogens (tertiary/aromatic N) is 3. The number of aromatic amines is 2. The van der Waals surface area contributed by atoms with Crippen molar-refractivity contribution in [3.05, 3.63) is 78.8 Å². The Kier molecular flexibility index (Phi) is 5.91. The second-order valence-electron chi connectivity index (χ2n) is 9.26. The first-order chi connectivity index (χ1) is 17.7. The van der Waals surface area contributed by atoms with Gasteiger partial charge in [0, 0.05) is 73.3 Å². The van der Waals surface area contributed by atoms with E-state index in [1.165, 1.54) is 16.5 Å². The minimum absolute atomic E-state index is 0.206. The van der Waals surface area contributed by atoms with Crippen LogP contribution in [0.2, 0.25) is 0 Å². The Morgan fingerprint density at radius 3 is 2.56 bits per heavy atom. The molecule has 6 rings (SSSR count). The molecular weight excluding hydrogens is 450 g/mol. The van der Waals surface area contributed by atoms with Crippen LogP contribution >= 0.6 is 0 Å². The van der Waals surface area contributed by atoms with Gasteiger partial charge in [0.05, 0.1) is 6.61 Å². The number of rotatable bonds is 5. The zero-order valence-electron chi connectivity index (χ0n) is 20.3. The van der Waals surface area contributed by atoms with Crippen LogP contribution < -0.4 is 0 Å². The third kappa shape index (κ3) is 4.33. The number of nitrogens with one attached hydrogen (secondary N) is 2. The van der Waals surface area contributed by atoms with E-state index in [0.717, 1.165) is 52.9 Å². The fourth-order valence-corrected chi connectivity index (χ4v) is 4.99. The lowest BCUT2D eigenvalue weighted by molar-refractivity contribution is 0.0778. The number of pyridine rings is 1. The molecule has 2 aromatic carbocycles. The summed E-state index contributed by atoms with van der Waals surface area (Å²) in [5.74, 6) is 0. The molecule has 0 bridgehead atoms. The lowest BCUT2D eigenvalue weighted by atomic mass is 10.0. The van der Waals surface area contributed by atoms with E-state index in [-0.39, 0.29) is 6.09 Å². The van der Waals surface area contributed by atoms with Crippen molar-refractivity contribution < 1.29 is 9.53 Å². The van der Waals surface area contributed by atoms with Gasteiger partial charge in [-0.3, -0.25) is 4.90 Å². The molecule has 0 radical (unpaired) electrons. The first kappa shape index (κ1) is 22.4. The van der Waals surface area contributed by atoms with E-state index in [1.54, 1.807) is 4.90 Å². The monoisotopic (exact) mass is 479 g/mol. The molecule has 4 heterocycles. The lowest BCUT2D eigenvalue weighted by Gasteiger charge is -2.34. The third-order valence-corrected chi connectivity index (χ3v) is 6.99. The van der Waals surface area contributed by atoms with Crippen molar-refractivity contribution in [2.75, 3.05) is 32.8 Å². The zero-order valence-corrected chi connectivity index (χ0v) is 20.3. The van der Waals surface area contributed by atoms with Crippen molar-refractivity contribution in [1.82, 2.24) is 24.8 Å². The number of carbonyl (C=O) groups excluding carboxylic acids is 1. The number of fused-ring (bicyclic) bond motifs is 2. The van der Waals surface area contributed by atoms with Crippen molar-refractivity contribution in [1.29, 1.82) is 0 Å². The van der Waals surface area contributed by atoms with E-state index in [0.29, 0.717) is 19.7 Å². The standard InChI is InChI=1S/C29H29N5O2/c1-2-36-29(35)34-13-11-33(12-14-34)19-20-3-5-21(6-4-20)24-16-25-26(18-32-28(25)31-17-24)22-7-8-27-23(15-22)9-10-30-27/h3-10,15-18,30H,2,11-14,19H2,1H3,(H,31,32). The summed E-state index contributed by atoms with van der Waals surface area (Å²) in [6, 6.07) is 19.5. The van der Waals surface area contributed by atoms with Crippen molar-refractivity contribution in [3.8, 4) is 22.3 Å². The van der Waals surface area contributed by atoms with Crippen LogP contribution in [0, 0.1) is 0 Å². The van der Waals surface area contributed by atoms with Gasteiger partial charge in [0.2, 0.25) is 0 Å². The van der Waals surface area contributed by atoms with Crippen LogP contribution in [0.5, 0.6) is 0 Å². The molecule has 5 aromatic rings. The molecule has 0 unspecified atom stereocenters. The molecule has 36 heavy (non-hydrogen) atoms. The highest BCUT2D eigenvalue weighted by Crippen LogP contribution is 2.32. The summed E-state index contributed by atoms with van der Waals surface area (Å²) >= 11 is 0. The van der Waals surface area contributed by atoms with Gasteiger partial charge in [-0.1, -0.05) is 30.3 Å². The Labute approximate surface area is 209 Å². The smallest absolute Gasteiger partial charge is 0.409 e. The minimum atomic E-state index is -0.206. The predicted molar refractivity (Wildman–Crippen MR) is 143 cm³/mol. The Balaban J connectivity index is 1.18. The maximum absolute atomic E-state index is 11.9. The molecule has 3 aromatic heterocycles. The van der Waals surface area contributed by atoms with Crippen LogP contribution in [0.15, 0.2) is 73.2 Å². The van der Waals surface area contributed by atoms with Crippen LogP contribution in [0.4, 0.5) is 4.79 Å². The summed E-state index contributed by atoms with van der Waals surface area (Å²) in [5, 5.41) is 2.31. The van der Waals surface area contributed by atoms with E-state index in [2.05, 4.69) is 69.5 Å². The molecule has 1 aliphatic rings. The predicted octanol–water partition coefficient (Wildman–Crippen LogP) is 5.65. The highest BCUT2D eigenvalue weighted by atomic mass is 16.6. The average Bonchev–Trinajstić information content (AvgIpc) is 3.56. The number of piperazine rings is 1. The number of aromatic nitrogens is 3. The van der Waals surface area contributed by atoms with Crippen LogP contribution in [-0.4, -0.2) is 63.6 Å². The van der Waals surface area contributed by atoms with E-state index in [9.17, 15) is 4.79 Å². The maximum atomic E-state index is 11.9. The van der Waals surface area contributed by atoms with Gasteiger partial charge in [0.25, 0.3) is 0 Å². The molecule has 2 N–H and O–H groups in total. The van der Waals surface area contributed by atoms with E-state index < -0.39 is 0 Å². The van der Waals surface area contributed by atoms with E-state index in [1.807, 2.05) is 25.5 Å². The zero-order chi connectivity index (χ0) is 24.5.